The van der Waals surface area contributed by atoms with E-state index in [1.165, 1.54) is 64.7 Å². The normalized spacial score (nSPS) is 18.6. The second kappa shape index (κ2) is 8.12. The van der Waals surface area contributed by atoms with Crippen molar-refractivity contribution < 1.29 is 0 Å². The molecule has 1 N–H and O–H groups in total. The molecule has 0 atom stereocenters. The molecule has 1 fully saturated rings. The molecule has 0 heterocycles. The number of rotatable bonds is 7. The molecule has 15 heavy (non-hydrogen) atoms. The van der Waals surface area contributed by atoms with Crippen LogP contribution in [0.25, 0.3) is 0 Å². The van der Waals surface area contributed by atoms with Crippen LogP contribution in [0.2, 0.25) is 0 Å². The molecule has 0 unspecified atom stereocenters. The lowest BCUT2D eigenvalue weighted by atomic mass is 9.95. The van der Waals surface area contributed by atoms with Crippen LogP contribution >= 0.6 is 0 Å². The molecule has 0 aromatic rings. The van der Waals surface area contributed by atoms with Crippen LogP contribution in [-0.2, 0) is 0 Å². The van der Waals surface area contributed by atoms with Crippen LogP contribution in [-0.4, -0.2) is 37.1 Å². The van der Waals surface area contributed by atoms with Crippen LogP contribution in [0.3, 0.4) is 0 Å². The number of hydrogen-bond acceptors (Lipinski definition) is 2. The van der Waals surface area contributed by atoms with Gasteiger partial charge in [0.2, 0.25) is 0 Å². The number of nitrogens with one attached hydrogen (secondary N) is 1. The topological polar surface area (TPSA) is 15.3 Å². The van der Waals surface area contributed by atoms with Gasteiger partial charge in [-0.3, -0.25) is 0 Å². The Balaban J connectivity index is 2.03. The molecule has 1 aliphatic carbocycles. The van der Waals surface area contributed by atoms with Gasteiger partial charge in [0.1, 0.15) is 0 Å². The third-order valence-electron chi connectivity index (χ3n) is 3.45. The third kappa shape index (κ3) is 5.53. The summed E-state index contributed by atoms with van der Waals surface area (Å²) in [4.78, 5) is 2.54. The molecular weight excluding hydrogens is 184 g/mol. The van der Waals surface area contributed by atoms with E-state index in [1.54, 1.807) is 0 Å². The highest BCUT2D eigenvalue weighted by Gasteiger charge is 2.12. The zero-order valence-electron chi connectivity index (χ0n) is 10.6. The van der Waals surface area contributed by atoms with Gasteiger partial charge in [-0.05, 0) is 32.4 Å². The number of hydrogen-bond donors (Lipinski definition) is 1. The maximum Gasteiger partial charge on any atom is 0.0107 e. The first kappa shape index (κ1) is 13.0. The third-order valence-corrected chi connectivity index (χ3v) is 3.45. The molecule has 0 aromatic heterocycles. The van der Waals surface area contributed by atoms with Crippen molar-refractivity contribution in [2.75, 3.05) is 26.2 Å². The van der Waals surface area contributed by atoms with Gasteiger partial charge < -0.3 is 10.2 Å². The molecular formula is C13H28N2. The van der Waals surface area contributed by atoms with Gasteiger partial charge in [0.15, 0.2) is 0 Å². The second-order valence-electron chi connectivity index (χ2n) is 4.72. The quantitative estimate of drug-likeness (QED) is 0.698. The van der Waals surface area contributed by atoms with E-state index in [9.17, 15) is 0 Å². The number of nitrogens with zero attached hydrogens (tertiary/aromatic N) is 1. The van der Waals surface area contributed by atoms with Gasteiger partial charge in [0.25, 0.3) is 0 Å². The average molecular weight is 212 g/mol. The van der Waals surface area contributed by atoms with Crippen molar-refractivity contribution in [2.24, 2.45) is 0 Å². The summed E-state index contributed by atoms with van der Waals surface area (Å²) in [6, 6.07) is 0.819. The van der Waals surface area contributed by atoms with Gasteiger partial charge in [0, 0.05) is 19.1 Å². The van der Waals surface area contributed by atoms with Crippen LogP contribution in [0.5, 0.6) is 0 Å². The first-order valence-corrected chi connectivity index (χ1v) is 6.82. The highest BCUT2D eigenvalue weighted by molar-refractivity contribution is 4.72. The lowest BCUT2D eigenvalue weighted by Crippen LogP contribution is -2.38. The fraction of sp³-hybridized carbons (Fsp3) is 1.00. The highest BCUT2D eigenvalue weighted by atomic mass is 15.1. The Bertz CT molecular complexity index is 137. The molecule has 1 saturated carbocycles. The Kier molecular flexibility index (Phi) is 7.03. The van der Waals surface area contributed by atoms with Crippen LogP contribution in [0, 0.1) is 0 Å². The molecule has 2 heteroatoms. The smallest absolute Gasteiger partial charge is 0.0107 e. The largest absolute Gasteiger partial charge is 0.313 e. The van der Waals surface area contributed by atoms with Crippen LogP contribution in [0.15, 0.2) is 0 Å². The summed E-state index contributed by atoms with van der Waals surface area (Å²) >= 11 is 0. The van der Waals surface area contributed by atoms with Crippen molar-refractivity contribution in [1.82, 2.24) is 10.2 Å². The molecule has 90 valence electrons. The maximum atomic E-state index is 3.70. The summed E-state index contributed by atoms with van der Waals surface area (Å²) in [5.74, 6) is 0. The van der Waals surface area contributed by atoms with Gasteiger partial charge in [-0.2, -0.15) is 0 Å². The van der Waals surface area contributed by atoms with Gasteiger partial charge in [-0.1, -0.05) is 33.1 Å². The van der Waals surface area contributed by atoms with E-state index in [-0.39, 0.29) is 0 Å². The fourth-order valence-corrected chi connectivity index (χ4v) is 2.48. The zero-order chi connectivity index (χ0) is 10.9. The van der Waals surface area contributed by atoms with E-state index in [0.717, 1.165) is 6.04 Å². The number of likely N-dealkylation sites (N-methyl/N-ethyl adjacent to an activating group) is 1. The summed E-state index contributed by atoms with van der Waals surface area (Å²) in [6.07, 6.45) is 8.40. The highest BCUT2D eigenvalue weighted by Crippen LogP contribution is 2.16. The van der Waals surface area contributed by atoms with Gasteiger partial charge >= 0.3 is 0 Å². The predicted molar refractivity (Wildman–Crippen MR) is 67.3 cm³/mol. The standard InChI is InChI=1S/C13H28N2/c1-3-11-15(4-2)12-10-14-13-8-6-5-7-9-13/h13-14H,3-12H2,1-2H3. The first-order chi connectivity index (χ1) is 7.36. The summed E-state index contributed by atoms with van der Waals surface area (Å²) in [5.41, 5.74) is 0. The van der Waals surface area contributed by atoms with Crippen molar-refractivity contribution >= 4 is 0 Å². The van der Waals surface area contributed by atoms with E-state index in [2.05, 4.69) is 24.1 Å². The van der Waals surface area contributed by atoms with E-state index < -0.39 is 0 Å². The molecule has 0 radical (unpaired) electrons. The van der Waals surface area contributed by atoms with Crippen molar-refractivity contribution in [3.8, 4) is 0 Å². The minimum atomic E-state index is 0.819. The molecule has 1 aliphatic rings. The lowest BCUT2D eigenvalue weighted by molar-refractivity contribution is 0.273. The van der Waals surface area contributed by atoms with Crippen LogP contribution in [0.4, 0.5) is 0 Å². The van der Waals surface area contributed by atoms with Gasteiger partial charge in [0.05, 0.1) is 0 Å². The SMILES string of the molecule is CCCN(CC)CCNC1CCCCC1. The van der Waals surface area contributed by atoms with E-state index >= 15 is 0 Å². The van der Waals surface area contributed by atoms with Crippen molar-refractivity contribution in [2.45, 2.75) is 58.4 Å². The monoisotopic (exact) mass is 212 g/mol. The minimum Gasteiger partial charge on any atom is -0.313 e. The molecule has 0 spiro atoms. The Morgan fingerprint density at radius 3 is 2.40 bits per heavy atom. The molecule has 0 aliphatic heterocycles. The average Bonchev–Trinajstić information content (AvgIpc) is 2.29. The zero-order valence-corrected chi connectivity index (χ0v) is 10.6. The Morgan fingerprint density at radius 2 is 1.80 bits per heavy atom. The first-order valence-electron chi connectivity index (χ1n) is 6.82. The van der Waals surface area contributed by atoms with E-state index in [4.69, 9.17) is 0 Å². The van der Waals surface area contributed by atoms with E-state index in [1.807, 2.05) is 0 Å². The van der Waals surface area contributed by atoms with Gasteiger partial charge in [-0.15, -0.1) is 0 Å². The summed E-state index contributed by atoms with van der Waals surface area (Å²) in [7, 11) is 0. The second-order valence-corrected chi connectivity index (χ2v) is 4.72. The van der Waals surface area contributed by atoms with Crippen LogP contribution in [0.1, 0.15) is 52.4 Å². The fourth-order valence-electron chi connectivity index (χ4n) is 2.48. The molecule has 0 amide bonds. The summed E-state index contributed by atoms with van der Waals surface area (Å²) in [6.45, 7) is 9.37. The molecule has 0 saturated heterocycles. The predicted octanol–water partition coefficient (Wildman–Crippen LogP) is 2.64. The van der Waals surface area contributed by atoms with Crippen molar-refractivity contribution in [1.29, 1.82) is 0 Å². The molecule has 0 bridgehead atoms. The van der Waals surface area contributed by atoms with Crippen LogP contribution < -0.4 is 5.32 Å². The van der Waals surface area contributed by atoms with E-state index in [0.29, 0.717) is 0 Å². The molecule has 2 nitrogen and oxygen atoms in total. The lowest BCUT2D eigenvalue weighted by Gasteiger charge is -2.25. The Hall–Kier alpha value is -0.0800. The Morgan fingerprint density at radius 1 is 1.07 bits per heavy atom. The molecule has 1 rings (SSSR count). The Labute approximate surface area is 95.4 Å². The molecule has 0 aromatic carbocycles. The van der Waals surface area contributed by atoms with Gasteiger partial charge in [-0.25, -0.2) is 0 Å². The van der Waals surface area contributed by atoms with Crippen molar-refractivity contribution in [3.05, 3.63) is 0 Å². The maximum absolute atomic E-state index is 3.70. The summed E-state index contributed by atoms with van der Waals surface area (Å²) in [5, 5.41) is 3.70. The minimum absolute atomic E-state index is 0.819. The summed E-state index contributed by atoms with van der Waals surface area (Å²) < 4.78 is 0. The van der Waals surface area contributed by atoms with Crippen molar-refractivity contribution in [3.63, 3.8) is 0 Å².